The molecule has 3 heterocycles. The van der Waals surface area contributed by atoms with Crippen LogP contribution < -0.4 is 4.74 Å². The number of ketones is 1. The highest BCUT2D eigenvalue weighted by atomic mass is 16.8. The molecule has 0 bridgehead atoms. The lowest BCUT2D eigenvalue weighted by Gasteiger charge is -2.21. The molecule has 7 heteroatoms. The highest BCUT2D eigenvalue weighted by Crippen LogP contribution is 2.60. The maximum atomic E-state index is 12.7. The molecule has 2 fully saturated rings. The number of aliphatic hydroxyl groups excluding tert-OH is 1. The summed E-state index contributed by atoms with van der Waals surface area (Å²) in [6, 6.07) is 4.46. The molecule has 2 N–H and O–H groups in total. The Morgan fingerprint density at radius 1 is 1.36 bits per heavy atom. The smallest absolute Gasteiger partial charge is 0.312 e. The van der Waals surface area contributed by atoms with Crippen LogP contribution >= 0.6 is 0 Å². The van der Waals surface area contributed by atoms with Crippen LogP contribution in [0.25, 0.3) is 0 Å². The number of aromatic hydroxyl groups is 1. The van der Waals surface area contributed by atoms with Crippen molar-refractivity contribution in [2.24, 2.45) is 5.92 Å². The van der Waals surface area contributed by atoms with Gasteiger partial charge in [-0.3, -0.25) is 9.59 Å². The first-order chi connectivity index (χ1) is 10.4. The van der Waals surface area contributed by atoms with Gasteiger partial charge in [-0.2, -0.15) is 0 Å². The first-order valence-corrected chi connectivity index (χ1v) is 7.01. The number of phenols is 1. The fourth-order valence-corrected chi connectivity index (χ4v) is 3.48. The number of ether oxygens (including phenoxy) is 3. The van der Waals surface area contributed by atoms with Crippen LogP contribution in [0.1, 0.15) is 23.7 Å². The minimum absolute atomic E-state index is 0.0230. The Labute approximate surface area is 125 Å². The first-order valence-electron chi connectivity index (χ1n) is 7.01. The van der Waals surface area contributed by atoms with E-state index in [1.807, 2.05) is 0 Å². The average molecular weight is 306 g/mol. The Morgan fingerprint density at radius 2 is 2.14 bits per heavy atom. The van der Waals surface area contributed by atoms with Crippen molar-refractivity contribution in [2.75, 3.05) is 6.61 Å². The first kappa shape index (κ1) is 13.5. The predicted octanol–water partition coefficient (Wildman–Crippen LogP) is 0.376. The summed E-state index contributed by atoms with van der Waals surface area (Å²) < 4.78 is 16.4. The van der Waals surface area contributed by atoms with E-state index in [9.17, 15) is 19.8 Å². The van der Waals surface area contributed by atoms with Gasteiger partial charge in [-0.15, -0.1) is 0 Å². The Bertz CT molecular complexity index is 699. The molecule has 22 heavy (non-hydrogen) atoms. The molecular weight excluding hydrogens is 292 g/mol. The predicted molar refractivity (Wildman–Crippen MR) is 70.4 cm³/mol. The molecule has 4 rings (SSSR count). The SMILES string of the molecule is CC1CC(=O)OC1C1(CO)OC12Oc1cccc(O)c1C2=O. The Balaban J connectivity index is 1.75. The lowest BCUT2D eigenvalue weighted by atomic mass is 9.86. The third-order valence-corrected chi connectivity index (χ3v) is 4.58. The lowest BCUT2D eigenvalue weighted by molar-refractivity contribution is -0.145. The maximum absolute atomic E-state index is 12.7. The molecule has 2 saturated heterocycles. The summed E-state index contributed by atoms with van der Waals surface area (Å²) >= 11 is 0. The second kappa shape index (κ2) is 3.99. The van der Waals surface area contributed by atoms with Crippen LogP contribution in [0.5, 0.6) is 11.5 Å². The molecule has 1 aromatic carbocycles. The van der Waals surface area contributed by atoms with E-state index in [1.165, 1.54) is 12.1 Å². The van der Waals surface area contributed by atoms with Crippen LogP contribution in [0.3, 0.4) is 0 Å². The van der Waals surface area contributed by atoms with Crippen molar-refractivity contribution in [1.29, 1.82) is 0 Å². The second-order valence-corrected chi connectivity index (χ2v) is 5.94. The number of benzene rings is 1. The van der Waals surface area contributed by atoms with Gasteiger partial charge in [0.15, 0.2) is 0 Å². The Kier molecular flexibility index (Phi) is 2.46. The highest BCUT2D eigenvalue weighted by Gasteiger charge is 2.85. The van der Waals surface area contributed by atoms with E-state index in [1.54, 1.807) is 13.0 Å². The van der Waals surface area contributed by atoms with Crippen LogP contribution in [0.4, 0.5) is 0 Å². The molecule has 1 aromatic rings. The summed E-state index contributed by atoms with van der Waals surface area (Å²) in [4.78, 5) is 24.1. The van der Waals surface area contributed by atoms with Crippen molar-refractivity contribution < 1.29 is 34.0 Å². The number of carbonyl (C=O) groups is 2. The van der Waals surface area contributed by atoms with Crippen molar-refractivity contribution >= 4 is 11.8 Å². The van der Waals surface area contributed by atoms with E-state index in [-0.39, 0.29) is 29.4 Å². The Hall–Kier alpha value is -2.12. The number of esters is 1. The molecule has 0 aliphatic carbocycles. The molecule has 0 amide bonds. The van der Waals surface area contributed by atoms with Crippen molar-refractivity contribution in [3.05, 3.63) is 23.8 Å². The van der Waals surface area contributed by atoms with Gasteiger partial charge in [0.05, 0.1) is 13.0 Å². The molecule has 0 aromatic heterocycles. The number of Topliss-reactive ketones (excluding diaryl/α,β-unsaturated/α-hetero) is 1. The number of phenolic OH excluding ortho intramolecular Hbond substituents is 1. The van der Waals surface area contributed by atoms with Crippen LogP contribution in [-0.2, 0) is 14.3 Å². The van der Waals surface area contributed by atoms with E-state index in [2.05, 4.69) is 0 Å². The van der Waals surface area contributed by atoms with Crippen molar-refractivity contribution in [3.8, 4) is 11.5 Å². The number of epoxide rings is 1. The number of aliphatic hydroxyl groups is 1. The molecule has 4 atom stereocenters. The number of hydrogen-bond acceptors (Lipinski definition) is 7. The second-order valence-electron chi connectivity index (χ2n) is 5.94. The molecule has 116 valence electrons. The normalized spacial score (nSPS) is 38.8. The van der Waals surface area contributed by atoms with Gasteiger partial charge in [-0.25, -0.2) is 0 Å². The summed E-state index contributed by atoms with van der Waals surface area (Å²) in [7, 11) is 0. The van der Waals surface area contributed by atoms with Gasteiger partial charge in [0.2, 0.25) is 11.4 Å². The third kappa shape index (κ3) is 1.37. The largest absolute Gasteiger partial charge is 0.507 e. The zero-order valence-electron chi connectivity index (χ0n) is 11.7. The van der Waals surface area contributed by atoms with E-state index in [0.29, 0.717) is 0 Å². The number of rotatable bonds is 2. The van der Waals surface area contributed by atoms with Gasteiger partial charge in [-0.1, -0.05) is 13.0 Å². The third-order valence-electron chi connectivity index (χ3n) is 4.58. The fraction of sp³-hybridized carbons (Fsp3) is 0.467. The molecule has 1 spiro atoms. The van der Waals surface area contributed by atoms with E-state index >= 15 is 0 Å². The molecule has 3 aliphatic rings. The fourth-order valence-electron chi connectivity index (χ4n) is 3.48. The van der Waals surface area contributed by atoms with Crippen molar-refractivity contribution in [2.45, 2.75) is 30.8 Å². The summed E-state index contributed by atoms with van der Waals surface area (Å²) in [6.45, 7) is 1.25. The summed E-state index contributed by atoms with van der Waals surface area (Å²) in [5.74, 6) is -2.93. The van der Waals surface area contributed by atoms with E-state index in [0.717, 1.165) is 0 Å². The number of cyclic esters (lactones) is 1. The van der Waals surface area contributed by atoms with Gasteiger partial charge < -0.3 is 24.4 Å². The zero-order chi connectivity index (χ0) is 15.7. The molecule has 3 aliphatic heterocycles. The van der Waals surface area contributed by atoms with Gasteiger partial charge >= 0.3 is 11.8 Å². The summed E-state index contributed by atoms with van der Waals surface area (Å²) in [5.41, 5.74) is -1.41. The molecule has 0 radical (unpaired) electrons. The van der Waals surface area contributed by atoms with Gasteiger partial charge in [0.1, 0.15) is 23.2 Å². The number of fused-ring (bicyclic) bond motifs is 1. The van der Waals surface area contributed by atoms with Gasteiger partial charge in [0.25, 0.3) is 0 Å². The quantitative estimate of drug-likeness (QED) is 0.601. The van der Waals surface area contributed by atoms with Crippen molar-refractivity contribution in [3.63, 3.8) is 0 Å². The summed E-state index contributed by atoms with van der Waals surface area (Å²) in [5, 5.41) is 19.7. The van der Waals surface area contributed by atoms with Gasteiger partial charge in [-0.05, 0) is 12.1 Å². The topological polar surface area (TPSA) is 106 Å². The van der Waals surface area contributed by atoms with Crippen LogP contribution in [0.2, 0.25) is 0 Å². The molecular formula is C15H14O7. The Morgan fingerprint density at radius 3 is 2.73 bits per heavy atom. The minimum atomic E-state index is -1.73. The molecule has 0 saturated carbocycles. The van der Waals surface area contributed by atoms with E-state index in [4.69, 9.17) is 14.2 Å². The molecule has 4 unspecified atom stereocenters. The average Bonchev–Trinajstić information content (AvgIpc) is 2.86. The van der Waals surface area contributed by atoms with Crippen molar-refractivity contribution in [1.82, 2.24) is 0 Å². The van der Waals surface area contributed by atoms with Gasteiger partial charge in [0, 0.05) is 5.92 Å². The standard InChI is InChI=1S/C15H14O7/c1-7-5-10(18)20-13(7)14(6-16)15(22-14)12(19)11-8(17)3-2-4-9(11)21-15/h2-4,7,13,16-17H,5-6H2,1H3. The zero-order valence-corrected chi connectivity index (χ0v) is 11.7. The van der Waals surface area contributed by atoms with Crippen LogP contribution in [0, 0.1) is 5.92 Å². The molecule has 7 nitrogen and oxygen atoms in total. The number of hydrogen-bond donors (Lipinski definition) is 2. The number of carbonyl (C=O) groups excluding carboxylic acids is 2. The highest BCUT2D eigenvalue weighted by molar-refractivity contribution is 6.11. The summed E-state index contributed by atoms with van der Waals surface area (Å²) in [6.07, 6.45) is -0.580. The maximum Gasteiger partial charge on any atom is 0.312 e. The van der Waals surface area contributed by atoms with Crippen LogP contribution in [0.15, 0.2) is 18.2 Å². The minimum Gasteiger partial charge on any atom is -0.507 e. The van der Waals surface area contributed by atoms with E-state index < -0.39 is 35.9 Å². The van der Waals surface area contributed by atoms with Crippen LogP contribution in [-0.4, -0.2) is 46.1 Å². The lowest BCUT2D eigenvalue weighted by Crippen LogP contribution is -2.47. The monoisotopic (exact) mass is 306 g/mol.